The first kappa shape index (κ1) is 16.7. The fraction of sp³-hybridized carbons (Fsp3) is 0.526. The molecular formula is C19H25N3O2. The summed E-state index contributed by atoms with van der Waals surface area (Å²) in [5.74, 6) is 0.151. The minimum atomic E-state index is -0.0674. The molecule has 3 rings (SSSR count). The molecule has 1 fully saturated rings. The number of likely N-dealkylation sites (tertiary alicyclic amines) is 1. The average molecular weight is 327 g/mol. The molecule has 0 unspecified atom stereocenters. The predicted octanol–water partition coefficient (Wildman–Crippen LogP) is 2.89. The van der Waals surface area contributed by atoms with Gasteiger partial charge in [-0.2, -0.15) is 0 Å². The maximum Gasteiger partial charge on any atom is 0.261 e. The lowest BCUT2D eigenvalue weighted by molar-refractivity contribution is -0.135. The average Bonchev–Trinajstić information content (AvgIpc) is 2.61. The number of nitrogens with zero attached hydrogens (tertiary/aromatic N) is 3. The van der Waals surface area contributed by atoms with Crippen molar-refractivity contribution in [2.45, 2.75) is 58.5 Å². The van der Waals surface area contributed by atoms with Crippen molar-refractivity contribution >= 4 is 16.8 Å². The summed E-state index contributed by atoms with van der Waals surface area (Å²) in [7, 11) is 0. The van der Waals surface area contributed by atoms with Crippen LogP contribution in [0, 0.1) is 6.92 Å². The topological polar surface area (TPSA) is 55.2 Å². The monoisotopic (exact) mass is 327 g/mol. The molecule has 2 heterocycles. The first-order chi connectivity index (χ1) is 11.6. The number of aromatic nitrogens is 2. The number of hydrogen-bond donors (Lipinski definition) is 0. The van der Waals surface area contributed by atoms with E-state index in [1.165, 1.54) is 6.42 Å². The van der Waals surface area contributed by atoms with Crippen molar-refractivity contribution in [2.75, 3.05) is 6.54 Å². The SMILES string of the molecule is CC[C@H]1CCCCN1C(=O)CCn1cnc2c(C)cccc2c1=O. The lowest BCUT2D eigenvalue weighted by atomic mass is 9.99. The summed E-state index contributed by atoms with van der Waals surface area (Å²) < 4.78 is 1.56. The summed E-state index contributed by atoms with van der Waals surface area (Å²) >= 11 is 0. The van der Waals surface area contributed by atoms with Gasteiger partial charge < -0.3 is 4.90 Å². The van der Waals surface area contributed by atoms with Crippen LogP contribution in [0.25, 0.3) is 10.9 Å². The normalized spacial score (nSPS) is 18.1. The van der Waals surface area contributed by atoms with E-state index < -0.39 is 0 Å². The zero-order valence-corrected chi connectivity index (χ0v) is 14.5. The Balaban J connectivity index is 1.75. The number of benzene rings is 1. The molecule has 1 aromatic heterocycles. The molecule has 2 aromatic rings. The third-order valence-electron chi connectivity index (χ3n) is 5.04. The van der Waals surface area contributed by atoms with Crippen LogP contribution in [0.4, 0.5) is 0 Å². The first-order valence-electron chi connectivity index (χ1n) is 8.86. The zero-order valence-electron chi connectivity index (χ0n) is 14.5. The van der Waals surface area contributed by atoms with Crippen LogP contribution in [0.15, 0.2) is 29.3 Å². The molecule has 0 spiro atoms. The van der Waals surface area contributed by atoms with Gasteiger partial charge in [0.1, 0.15) is 0 Å². The highest BCUT2D eigenvalue weighted by Crippen LogP contribution is 2.20. The molecule has 0 radical (unpaired) electrons. The van der Waals surface area contributed by atoms with Gasteiger partial charge in [0.25, 0.3) is 5.56 Å². The highest BCUT2D eigenvalue weighted by atomic mass is 16.2. The van der Waals surface area contributed by atoms with Crippen molar-refractivity contribution in [2.24, 2.45) is 0 Å². The lowest BCUT2D eigenvalue weighted by Crippen LogP contribution is -2.43. The molecule has 1 aliphatic heterocycles. The summed E-state index contributed by atoms with van der Waals surface area (Å²) in [6, 6.07) is 5.98. The fourth-order valence-electron chi connectivity index (χ4n) is 3.61. The van der Waals surface area contributed by atoms with Gasteiger partial charge in [0.2, 0.25) is 5.91 Å². The van der Waals surface area contributed by atoms with E-state index in [2.05, 4.69) is 11.9 Å². The summed E-state index contributed by atoms with van der Waals surface area (Å²) in [6.07, 6.45) is 6.31. The molecule has 1 saturated heterocycles. The van der Waals surface area contributed by atoms with Gasteiger partial charge in [0, 0.05) is 25.6 Å². The molecule has 1 aromatic carbocycles. The van der Waals surface area contributed by atoms with Gasteiger partial charge in [-0.1, -0.05) is 19.1 Å². The maximum absolute atomic E-state index is 12.6. The Labute approximate surface area is 142 Å². The molecule has 1 aliphatic rings. The van der Waals surface area contributed by atoms with E-state index in [9.17, 15) is 9.59 Å². The quantitative estimate of drug-likeness (QED) is 0.867. The second-order valence-corrected chi connectivity index (χ2v) is 6.61. The van der Waals surface area contributed by atoms with Crippen molar-refractivity contribution in [3.05, 3.63) is 40.4 Å². The number of hydrogen-bond acceptors (Lipinski definition) is 3. The molecule has 24 heavy (non-hydrogen) atoms. The summed E-state index contributed by atoms with van der Waals surface area (Å²) in [4.78, 5) is 31.6. The molecule has 0 saturated carbocycles. The van der Waals surface area contributed by atoms with E-state index in [1.807, 2.05) is 24.0 Å². The molecule has 128 valence electrons. The summed E-state index contributed by atoms with van der Waals surface area (Å²) in [6.45, 7) is 5.32. The van der Waals surface area contributed by atoms with E-state index in [4.69, 9.17) is 0 Å². The number of amides is 1. The van der Waals surface area contributed by atoms with Crippen LogP contribution in [0.2, 0.25) is 0 Å². The number of carbonyl (C=O) groups excluding carboxylic acids is 1. The van der Waals surface area contributed by atoms with E-state index in [0.29, 0.717) is 24.4 Å². The summed E-state index contributed by atoms with van der Waals surface area (Å²) in [5.41, 5.74) is 1.67. The van der Waals surface area contributed by atoms with E-state index >= 15 is 0 Å². The van der Waals surface area contributed by atoms with Gasteiger partial charge in [-0.15, -0.1) is 0 Å². The number of para-hydroxylation sites is 1. The molecule has 1 atom stereocenters. The van der Waals surface area contributed by atoms with Crippen LogP contribution in [-0.4, -0.2) is 32.9 Å². The molecule has 5 nitrogen and oxygen atoms in total. The van der Waals surface area contributed by atoms with Crippen LogP contribution < -0.4 is 5.56 Å². The van der Waals surface area contributed by atoms with Gasteiger partial charge in [-0.05, 0) is 44.2 Å². The highest BCUT2D eigenvalue weighted by Gasteiger charge is 2.24. The van der Waals surface area contributed by atoms with Crippen molar-refractivity contribution in [3.63, 3.8) is 0 Å². The third-order valence-corrected chi connectivity index (χ3v) is 5.04. The van der Waals surface area contributed by atoms with E-state index in [1.54, 1.807) is 17.0 Å². The van der Waals surface area contributed by atoms with Gasteiger partial charge in [0.15, 0.2) is 0 Å². The molecule has 0 aliphatic carbocycles. The van der Waals surface area contributed by atoms with Crippen LogP contribution in [-0.2, 0) is 11.3 Å². The van der Waals surface area contributed by atoms with Crippen LogP contribution in [0.1, 0.15) is 44.6 Å². The van der Waals surface area contributed by atoms with Crippen molar-refractivity contribution in [1.82, 2.24) is 14.5 Å². The smallest absolute Gasteiger partial charge is 0.261 e. The number of aryl methyl sites for hydroxylation is 2. The van der Waals surface area contributed by atoms with Crippen LogP contribution >= 0.6 is 0 Å². The number of piperidine rings is 1. The highest BCUT2D eigenvalue weighted by molar-refractivity contribution is 5.80. The van der Waals surface area contributed by atoms with Gasteiger partial charge >= 0.3 is 0 Å². The standard InChI is InChI=1S/C19H25N3O2/c1-3-15-8-4-5-11-22(15)17(23)10-12-21-13-20-18-14(2)7-6-9-16(18)19(21)24/h6-7,9,13,15H,3-5,8,10-12H2,1-2H3/t15-/m0/s1. The van der Waals surface area contributed by atoms with Crippen molar-refractivity contribution in [1.29, 1.82) is 0 Å². The minimum Gasteiger partial charge on any atom is -0.340 e. The largest absolute Gasteiger partial charge is 0.340 e. The molecule has 1 amide bonds. The Bertz CT molecular complexity index is 797. The van der Waals surface area contributed by atoms with Crippen molar-refractivity contribution < 1.29 is 4.79 Å². The Hall–Kier alpha value is -2.17. The third kappa shape index (κ3) is 3.21. The van der Waals surface area contributed by atoms with Crippen LogP contribution in [0.3, 0.4) is 0 Å². The number of fused-ring (bicyclic) bond motifs is 1. The van der Waals surface area contributed by atoms with Crippen LogP contribution in [0.5, 0.6) is 0 Å². The fourth-order valence-corrected chi connectivity index (χ4v) is 3.61. The Morgan fingerprint density at radius 1 is 1.33 bits per heavy atom. The Morgan fingerprint density at radius 3 is 2.96 bits per heavy atom. The maximum atomic E-state index is 12.6. The first-order valence-corrected chi connectivity index (χ1v) is 8.86. The number of carbonyl (C=O) groups is 1. The molecule has 0 bridgehead atoms. The van der Waals surface area contributed by atoms with Gasteiger partial charge in [-0.25, -0.2) is 4.98 Å². The molecule has 0 N–H and O–H groups in total. The molecular weight excluding hydrogens is 302 g/mol. The Morgan fingerprint density at radius 2 is 2.17 bits per heavy atom. The van der Waals surface area contributed by atoms with Gasteiger partial charge in [-0.3, -0.25) is 14.2 Å². The van der Waals surface area contributed by atoms with Gasteiger partial charge in [0.05, 0.1) is 17.2 Å². The second-order valence-electron chi connectivity index (χ2n) is 6.61. The van der Waals surface area contributed by atoms with Crippen molar-refractivity contribution in [3.8, 4) is 0 Å². The second kappa shape index (κ2) is 7.16. The minimum absolute atomic E-state index is 0.0674. The lowest BCUT2D eigenvalue weighted by Gasteiger charge is -2.35. The van der Waals surface area contributed by atoms with E-state index in [-0.39, 0.29) is 11.5 Å². The number of rotatable bonds is 4. The molecule has 5 heteroatoms. The summed E-state index contributed by atoms with van der Waals surface area (Å²) in [5, 5.41) is 0.620. The van der Waals surface area contributed by atoms with E-state index in [0.717, 1.165) is 36.9 Å². The zero-order chi connectivity index (χ0) is 17.1. The Kier molecular flexibility index (Phi) is 4.97. The predicted molar refractivity (Wildman–Crippen MR) is 95.0 cm³/mol.